The Morgan fingerprint density at radius 3 is 2.87 bits per heavy atom. The molecule has 1 aromatic carbocycles. The Labute approximate surface area is 185 Å². The molecule has 0 aliphatic carbocycles. The minimum absolute atomic E-state index is 0.0211. The van der Waals surface area contributed by atoms with Gasteiger partial charge in [-0.05, 0) is 37.6 Å². The summed E-state index contributed by atoms with van der Waals surface area (Å²) in [7, 11) is 1.59. The predicted octanol–water partition coefficient (Wildman–Crippen LogP) is 3.70. The molecule has 1 aliphatic heterocycles. The van der Waals surface area contributed by atoms with Crippen LogP contribution in [0.3, 0.4) is 0 Å². The number of benzene rings is 1. The standard InChI is InChI=1S/C24H25N3O3S/c1-15(14-30-3)26-24(29)23-19-12-22(17-7-6-10-25-13-17)31-21-9-5-4-8-18(21)27(19)16(2)11-20(23)28/h4-11,13,15,22H,12,14H2,1-3H3,(H,26,29). The van der Waals surface area contributed by atoms with Gasteiger partial charge in [0, 0.05) is 59.6 Å². The van der Waals surface area contributed by atoms with Gasteiger partial charge in [0.05, 0.1) is 12.3 Å². The summed E-state index contributed by atoms with van der Waals surface area (Å²) in [5.74, 6) is -0.368. The van der Waals surface area contributed by atoms with E-state index in [2.05, 4.69) is 20.9 Å². The van der Waals surface area contributed by atoms with Crippen molar-refractivity contribution >= 4 is 17.7 Å². The van der Waals surface area contributed by atoms with Crippen molar-refractivity contribution in [1.29, 1.82) is 0 Å². The van der Waals surface area contributed by atoms with Crippen molar-refractivity contribution in [3.8, 4) is 5.69 Å². The number of ether oxygens (including phenoxy) is 1. The summed E-state index contributed by atoms with van der Waals surface area (Å²) in [6.07, 6.45) is 4.13. The maximum Gasteiger partial charge on any atom is 0.257 e. The number of nitrogens with one attached hydrogen (secondary N) is 1. The van der Waals surface area contributed by atoms with Gasteiger partial charge in [-0.15, -0.1) is 11.8 Å². The first kappa shape index (κ1) is 21.3. The van der Waals surface area contributed by atoms with Crippen molar-refractivity contribution in [3.63, 3.8) is 0 Å². The summed E-state index contributed by atoms with van der Waals surface area (Å²) in [6, 6.07) is 13.4. The molecule has 31 heavy (non-hydrogen) atoms. The molecule has 160 valence electrons. The van der Waals surface area contributed by atoms with Gasteiger partial charge in [-0.1, -0.05) is 18.2 Å². The quantitative estimate of drug-likeness (QED) is 0.662. The maximum absolute atomic E-state index is 13.2. The molecule has 0 fully saturated rings. The lowest BCUT2D eigenvalue weighted by Crippen LogP contribution is -2.39. The van der Waals surface area contributed by atoms with Gasteiger partial charge in [0.1, 0.15) is 5.56 Å². The van der Waals surface area contributed by atoms with Gasteiger partial charge < -0.3 is 14.6 Å². The number of aryl methyl sites for hydroxylation is 1. The molecule has 0 bridgehead atoms. The molecule has 0 spiro atoms. The number of para-hydroxylation sites is 1. The van der Waals surface area contributed by atoms with E-state index in [9.17, 15) is 9.59 Å². The smallest absolute Gasteiger partial charge is 0.257 e. The Hall–Kier alpha value is -2.90. The zero-order chi connectivity index (χ0) is 22.0. The van der Waals surface area contributed by atoms with Crippen molar-refractivity contribution < 1.29 is 9.53 Å². The van der Waals surface area contributed by atoms with Crippen molar-refractivity contribution in [2.75, 3.05) is 13.7 Å². The Kier molecular flexibility index (Phi) is 6.25. The predicted molar refractivity (Wildman–Crippen MR) is 122 cm³/mol. The number of aromatic nitrogens is 2. The van der Waals surface area contributed by atoms with Gasteiger partial charge >= 0.3 is 0 Å². The van der Waals surface area contributed by atoms with Crippen LogP contribution in [0, 0.1) is 6.92 Å². The average Bonchev–Trinajstić information content (AvgIpc) is 2.91. The van der Waals surface area contributed by atoms with Crippen LogP contribution < -0.4 is 10.7 Å². The van der Waals surface area contributed by atoms with E-state index >= 15 is 0 Å². The number of rotatable bonds is 5. The molecule has 1 aliphatic rings. The highest BCUT2D eigenvalue weighted by atomic mass is 32.2. The Morgan fingerprint density at radius 2 is 2.13 bits per heavy atom. The van der Waals surface area contributed by atoms with E-state index in [1.807, 2.05) is 50.4 Å². The summed E-state index contributed by atoms with van der Waals surface area (Å²) in [4.78, 5) is 31.6. The third-order valence-electron chi connectivity index (χ3n) is 5.33. The highest BCUT2D eigenvalue weighted by Gasteiger charge is 2.29. The molecule has 3 heterocycles. The molecule has 7 heteroatoms. The van der Waals surface area contributed by atoms with Crippen molar-refractivity contribution in [2.24, 2.45) is 0 Å². The number of amides is 1. The maximum atomic E-state index is 13.2. The van der Waals surface area contributed by atoms with Crippen molar-refractivity contribution in [2.45, 2.75) is 36.5 Å². The molecular formula is C24H25N3O3S. The van der Waals surface area contributed by atoms with Crippen LogP contribution in [0.5, 0.6) is 0 Å². The molecule has 2 atom stereocenters. The van der Waals surface area contributed by atoms with Gasteiger partial charge in [0.15, 0.2) is 5.43 Å². The van der Waals surface area contributed by atoms with Gasteiger partial charge in [-0.2, -0.15) is 0 Å². The Morgan fingerprint density at radius 1 is 1.32 bits per heavy atom. The van der Waals surface area contributed by atoms with E-state index in [0.717, 1.165) is 27.5 Å². The second-order valence-electron chi connectivity index (χ2n) is 7.70. The second kappa shape index (κ2) is 9.08. The Balaban J connectivity index is 1.91. The number of carbonyl (C=O) groups is 1. The van der Waals surface area contributed by atoms with Crippen LogP contribution in [0.1, 0.15) is 39.5 Å². The molecule has 0 saturated heterocycles. The van der Waals surface area contributed by atoms with Crippen LogP contribution in [0.2, 0.25) is 0 Å². The lowest BCUT2D eigenvalue weighted by molar-refractivity contribution is 0.0902. The zero-order valence-corrected chi connectivity index (χ0v) is 18.6. The van der Waals surface area contributed by atoms with Crippen LogP contribution in [-0.4, -0.2) is 35.2 Å². The number of nitrogens with zero attached hydrogens (tertiary/aromatic N) is 2. The van der Waals surface area contributed by atoms with Gasteiger partial charge in [0.25, 0.3) is 5.91 Å². The fourth-order valence-corrected chi connectivity index (χ4v) is 5.28. The molecule has 0 saturated carbocycles. The first-order chi connectivity index (χ1) is 15.0. The third-order valence-corrected chi connectivity index (χ3v) is 6.65. The second-order valence-corrected chi connectivity index (χ2v) is 8.95. The summed E-state index contributed by atoms with van der Waals surface area (Å²) in [5.41, 5.74) is 3.49. The number of thioether (sulfide) groups is 1. The monoisotopic (exact) mass is 435 g/mol. The van der Waals surface area contributed by atoms with Gasteiger partial charge in [-0.3, -0.25) is 14.6 Å². The average molecular weight is 436 g/mol. The summed E-state index contributed by atoms with van der Waals surface area (Å²) in [5, 5.41) is 2.93. The van der Waals surface area contributed by atoms with E-state index in [-0.39, 0.29) is 28.2 Å². The van der Waals surface area contributed by atoms with Crippen LogP contribution in [-0.2, 0) is 11.2 Å². The van der Waals surface area contributed by atoms with Crippen LogP contribution in [0.4, 0.5) is 0 Å². The summed E-state index contributed by atoms with van der Waals surface area (Å²) >= 11 is 1.73. The fraction of sp³-hybridized carbons (Fsp3) is 0.292. The minimum atomic E-state index is -0.368. The Bertz CT molecular complexity index is 1160. The van der Waals surface area contributed by atoms with Crippen LogP contribution in [0.25, 0.3) is 5.69 Å². The van der Waals surface area contributed by atoms with E-state index in [0.29, 0.717) is 13.0 Å². The van der Waals surface area contributed by atoms with E-state index < -0.39 is 0 Å². The molecule has 0 radical (unpaired) electrons. The first-order valence-corrected chi connectivity index (χ1v) is 11.1. The lowest BCUT2D eigenvalue weighted by Gasteiger charge is -2.21. The largest absolute Gasteiger partial charge is 0.383 e. The minimum Gasteiger partial charge on any atom is -0.383 e. The molecular weight excluding hydrogens is 410 g/mol. The summed E-state index contributed by atoms with van der Waals surface area (Å²) in [6.45, 7) is 4.14. The molecule has 1 amide bonds. The number of carbonyl (C=O) groups excluding carboxylic acids is 1. The zero-order valence-electron chi connectivity index (χ0n) is 17.8. The normalized spacial score (nSPS) is 16.0. The van der Waals surface area contributed by atoms with E-state index in [4.69, 9.17) is 4.74 Å². The number of hydrogen-bond donors (Lipinski definition) is 1. The highest BCUT2D eigenvalue weighted by molar-refractivity contribution is 7.99. The van der Waals surface area contributed by atoms with Crippen LogP contribution in [0.15, 0.2) is 64.5 Å². The number of pyridine rings is 2. The molecule has 2 unspecified atom stereocenters. The third kappa shape index (κ3) is 4.29. The van der Waals surface area contributed by atoms with E-state index in [1.165, 1.54) is 0 Å². The fourth-order valence-electron chi connectivity index (χ4n) is 4.02. The van der Waals surface area contributed by atoms with Gasteiger partial charge in [0.2, 0.25) is 0 Å². The van der Waals surface area contributed by atoms with Gasteiger partial charge in [-0.25, -0.2) is 0 Å². The van der Waals surface area contributed by atoms with E-state index in [1.54, 1.807) is 31.1 Å². The van der Waals surface area contributed by atoms with Crippen molar-refractivity contribution in [1.82, 2.24) is 14.9 Å². The number of fused-ring (bicyclic) bond motifs is 3. The molecule has 6 nitrogen and oxygen atoms in total. The molecule has 4 rings (SSSR count). The SMILES string of the molecule is COCC(C)NC(=O)c1c2n(c(C)cc1=O)-c1ccccc1SC(c1cccnc1)C2. The molecule has 1 N–H and O–H groups in total. The van der Waals surface area contributed by atoms with Crippen LogP contribution >= 0.6 is 11.8 Å². The molecule has 2 aromatic heterocycles. The molecule has 3 aromatic rings. The van der Waals surface area contributed by atoms with Crippen molar-refractivity contribution in [3.05, 3.63) is 87.6 Å². The topological polar surface area (TPSA) is 73.2 Å². The highest BCUT2D eigenvalue weighted by Crippen LogP contribution is 2.44. The first-order valence-electron chi connectivity index (χ1n) is 10.2. The lowest BCUT2D eigenvalue weighted by atomic mass is 10.0. The summed E-state index contributed by atoms with van der Waals surface area (Å²) < 4.78 is 7.19. The number of methoxy groups -OCH3 is 1. The number of hydrogen-bond acceptors (Lipinski definition) is 5.